The Bertz CT molecular complexity index is 512. The number of aryl methyl sites for hydroxylation is 1. The molecule has 4 heteroatoms. The fraction of sp³-hybridized carbons (Fsp3) is 0.429. The van der Waals surface area contributed by atoms with Gasteiger partial charge in [0.15, 0.2) is 0 Å². The first-order chi connectivity index (χ1) is 8.83. The first-order valence-corrected chi connectivity index (χ1v) is 6.55. The normalized spacial score (nSPS) is 16.1. The second-order valence-corrected chi connectivity index (χ2v) is 4.92. The monoisotopic (exact) mass is 242 g/mol. The fourth-order valence-electron chi connectivity index (χ4n) is 2.64. The van der Waals surface area contributed by atoms with Gasteiger partial charge < -0.3 is 9.88 Å². The van der Waals surface area contributed by atoms with Crippen LogP contribution in [-0.2, 0) is 0 Å². The third-order valence-electron chi connectivity index (χ3n) is 3.49. The van der Waals surface area contributed by atoms with Crippen LogP contribution in [0.1, 0.15) is 37.4 Å². The lowest BCUT2D eigenvalue weighted by Crippen LogP contribution is -2.07. The van der Waals surface area contributed by atoms with E-state index in [1.165, 1.54) is 25.7 Å². The van der Waals surface area contributed by atoms with E-state index in [0.717, 1.165) is 17.3 Å². The molecule has 0 radical (unpaired) electrons. The van der Waals surface area contributed by atoms with E-state index in [-0.39, 0.29) is 0 Å². The maximum atomic E-state index is 4.57. The molecule has 94 valence electrons. The Morgan fingerprint density at radius 3 is 2.89 bits per heavy atom. The Balaban J connectivity index is 1.87. The summed E-state index contributed by atoms with van der Waals surface area (Å²) in [5.41, 5.74) is 2.05. The van der Waals surface area contributed by atoms with Crippen molar-refractivity contribution in [1.82, 2.24) is 14.5 Å². The highest BCUT2D eigenvalue weighted by molar-refractivity contribution is 5.52. The maximum absolute atomic E-state index is 4.57. The molecule has 2 aromatic heterocycles. The molecule has 0 aliphatic heterocycles. The summed E-state index contributed by atoms with van der Waals surface area (Å²) in [6, 6.07) is 4.54. The lowest BCUT2D eigenvalue weighted by Gasteiger charge is -2.15. The Labute approximate surface area is 107 Å². The lowest BCUT2D eigenvalue weighted by atomic mass is 10.2. The van der Waals surface area contributed by atoms with Crippen LogP contribution >= 0.6 is 0 Å². The van der Waals surface area contributed by atoms with Gasteiger partial charge in [0.1, 0.15) is 0 Å². The Kier molecular flexibility index (Phi) is 3.00. The van der Waals surface area contributed by atoms with Gasteiger partial charge in [-0.3, -0.25) is 4.98 Å². The summed E-state index contributed by atoms with van der Waals surface area (Å²) in [4.78, 5) is 8.69. The number of nitrogens with zero attached hydrogens (tertiary/aromatic N) is 3. The Hall–Kier alpha value is -1.84. The van der Waals surface area contributed by atoms with Crippen LogP contribution in [0.15, 0.2) is 30.7 Å². The first-order valence-electron chi connectivity index (χ1n) is 6.55. The van der Waals surface area contributed by atoms with Gasteiger partial charge in [-0.2, -0.15) is 0 Å². The molecule has 0 amide bonds. The van der Waals surface area contributed by atoms with Gasteiger partial charge in [-0.15, -0.1) is 0 Å². The average molecular weight is 242 g/mol. The van der Waals surface area contributed by atoms with Crippen molar-refractivity contribution in [2.75, 3.05) is 5.32 Å². The SMILES string of the molecule is Cc1cn(C2CCCC2)c(Nc2cccnc2)n1. The Morgan fingerprint density at radius 2 is 2.17 bits per heavy atom. The van der Waals surface area contributed by atoms with Crippen LogP contribution in [-0.4, -0.2) is 14.5 Å². The van der Waals surface area contributed by atoms with Crippen molar-refractivity contribution in [3.05, 3.63) is 36.4 Å². The van der Waals surface area contributed by atoms with Crippen LogP contribution in [0.3, 0.4) is 0 Å². The number of anilines is 2. The van der Waals surface area contributed by atoms with Gasteiger partial charge in [0.05, 0.1) is 17.6 Å². The summed E-state index contributed by atoms with van der Waals surface area (Å²) >= 11 is 0. The number of nitrogens with one attached hydrogen (secondary N) is 1. The summed E-state index contributed by atoms with van der Waals surface area (Å²) in [5.74, 6) is 0.937. The van der Waals surface area contributed by atoms with Crippen molar-refractivity contribution in [1.29, 1.82) is 0 Å². The standard InChI is InChI=1S/C14H18N4/c1-11-10-18(13-6-2-3-7-13)14(16-11)17-12-5-4-8-15-9-12/h4-5,8-10,13H,2-3,6-7H2,1H3,(H,16,17). The second-order valence-electron chi connectivity index (χ2n) is 4.92. The topological polar surface area (TPSA) is 42.7 Å². The van der Waals surface area contributed by atoms with Crippen molar-refractivity contribution in [3.8, 4) is 0 Å². The summed E-state index contributed by atoms with van der Waals surface area (Å²) in [7, 11) is 0. The molecule has 1 aliphatic carbocycles. The largest absolute Gasteiger partial charge is 0.324 e. The molecule has 0 saturated heterocycles. The number of aromatic nitrogens is 3. The quantitative estimate of drug-likeness (QED) is 0.896. The fourth-order valence-corrected chi connectivity index (χ4v) is 2.64. The van der Waals surface area contributed by atoms with Crippen molar-refractivity contribution in [3.63, 3.8) is 0 Å². The molecule has 2 heterocycles. The van der Waals surface area contributed by atoms with Gasteiger partial charge in [-0.1, -0.05) is 12.8 Å². The van der Waals surface area contributed by atoms with Crippen LogP contribution in [0.2, 0.25) is 0 Å². The van der Waals surface area contributed by atoms with Crippen molar-refractivity contribution < 1.29 is 0 Å². The number of hydrogen-bond acceptors (Lipinski definition) is 3. The smallest absolute Gasteiger partial charge is 0.207 e. The van der Waals surface area contributed by atoms with Crippen LogP contribution in [0, 0.1) is 6.92 Å². The van der Waals surface area contributed by atoms with Crippen LogP contribution in [0.5, 0.6) is 0 Å². The van der Waals surface area contributed by atoms with E-state index in [2.05, 4.69) is 26.0 Å². The van der Waals surface area contributed by atoms with E-state index in [1.807, 2.05) is 25.3 Å². The molecular formula is C14H18N4. The molecule has 1 saturated carbocycles. The third kappa shape index (κ3) is 2.23. The van der Waals surface area contributed by atoms with Gasteiger partial charge in [0.2, 0.25) is 5.95 Å². The zero-order valence-corrected chi connectivity index (χ0v) is 10.6. The molecule has 0 bridgehead atoms. The molecule has 4 nitrogen and oxygen atoms in total. The molecule has 0 spiro atoms. The minimum Gasteiger partial charge on any atom is -0.324 e. The second kappa shape index (κ2) is 4.80. The van der Waals surface area contributed by atoms with Crippen LogP contribution < -0.4 is 5.32 Å². The average Bonchev–Trinajstić information content (AvgIpc) is 3.00. The van der Waals surface area contributed by atoms with Crippen LogP contribution in [0.4, 0.5) is 11.6 Å². The van der Waals surface area contributed by atoms with Gasteiger partial charge in [-0.05, 0) is 31.9 Å². The third-order valence-corrected chi connectivity index (χ3v) is 3.49. The molecule has 1 N–H and O–H groups in total. The molecule has 2 aromatic rings. The Morgan fingerprint density at radius 1 is 1.33 bits per heavy atom. The van der Waals surface area contributed by atoms with Crippen molar-refractivity contribution >= 4 is 11.6 Å². The zero-order chi connectivity index (χ0) is 12.4. The molecule has 0 unspecified atom stereocenters. The predicted octanol–water partition coefficient (Wildman–Crippen LogP) is 3.45. The summed E-state index contributed by atoms with van der Waals surface area (Å²) < 4.78 is 2.29. The minimum absolute atomic E-state index is 0.602. The highest BCUT2D eigenvalue weighted by Gasteiger charge is 2.20. The molecule has 0 aromatic carbocycles. The molecular weight excluding hydrogens is 224 g/mol. The van der Waals surface area contributed by atoms with E-state index >= 15 is 0 Å². The molecule has 1 aliphatic rings. The number of hydrogen-bond donors (Lipinski definition) is 1. The van der Waals surface area contributed by atoms with Crippen molar-refractivity contribution in [2.24, 2.45) is 0 Å². The minimum atomic E-state index is 0.602. The molecule has 3 rings (SSSR count). The van der Waals surface area contributed by atoms with E-state index in [0.29, 0.717) is 6.04 Å². The maximum Gasteiger partial charge on any atom is 0.207 e. The first kappa shape index (κ1) is 11.3. The van der Waals surface area contributed by atoms with E-state index < -0.39 is 0 Å². The highest BCUT2D eigenvalue weighted by atomic mass is 15.2. The number of imidazole rings is 1. The van der Waals surface area contributed by atoms with Crippen molar-refractivity contribution in [2.45, 2.75) is 38.6 Å². The molecule has 0 atom stereocenters. The van der Waals surface area contributed by atoms with Crippen LogP contribution in [0.25, 0.3) is 0 Å². The summed E-state index contributed by atoms with van der Waals surface area (Å²) in [6.45, 7) is 2.04. The summed E-state index contributed by atoms with van der Waals surface area (Å²) in [6.07, 6.45) is 10.9. The summed E-state index contributed by atoms with van der Waals surface area (Å²) in [5, 5.41) is 3.36. The van der Waals surface area contributed by atoms with Gasteiger partial charge in [0, 0.05) is 18.4 Å². The van der Waals surface area contributed by atoms with E-state index in [1.54, 1.807) is 6.20 Å². The number of rotatable bonds is 3. The highest BCUT2D eigenvalue weighted by Crippen LogP contribution is 2.32. The van der Waals surface area contributed by atoms with Gasteiger partial charge in [-0.25, -0.2) is 4.98 Å². The van der Waals surface area contributed by atoms with E-state index in [4.69, 9.17) is 0 Å². The number of pyridine rings is 1. The molecule has 1 fully saturated rings. The van der Waals surface area contributed by atoms with Gasteiger partial charge in [0.25, 0.3) is 0 Å². The van der Waals surface area contributed by atoms with E-state index in [9.17, 15) is 0 Å². The molecule has 18 heavy (non-hydrogen) atoms. The predicted molar refractivity (Wildman–Crippen MR) is 72.0 cm³/mol. The van der Waals surface area contributed by atoms with Gasteiger partial charge >= 0.3 is 0 Å². The zero-order valence-electron chi connectivity index (χ0n) is 10.6. The lowest BCUT2D eigenvalue weighted by molar-refractivity contribution is 0.524.